The zero-order valence-corrected chi connectivity index (χ0v) is 18.4. The quantitative estimate of drug-likeness (QED) is 0.657. The fraction of sp³-hybridized carbons (Fsp3) is 0.524. The molecule has 3 rings (SSSR count). The van der Waals surface area contributed by atoms with Crippen molar-refractivity contribution >= 4 is 27.8 Å². The molecule has 1 aromatic carbocycles. The number of hydrogen-bond donors (Lipinski definition) is 3. The molecule has 0 heterocycles. The van der Waals surface area contributed by atoms with Gasteiger partial charge in [-0.15, -0.1) is 0 Å². The minimum Gasteiger partial charge on any atom is -0.444 e. The molecule has 0 fully saturated rings. The summed E-state index contributed by atoms with van der Waals surface area (Å²) in [5, 5.41) is 6.05. The molecule has 9 heteroatoms. The van der Waals surface area contributed by atoms with Gasteiger partial charge >= 0.3 is 12.1 Å². The fourth-order valence-corrected chi connectivity index (χ4v) is 4.63. The Morgan fingerprint density at radius 3 is 2.23 bits per heavy atom. The van der Waals surface area contributed by atoms with E-state index in [0.29, 0.717) is 0 Å². The zero-order chi connectivity index (χ0) is 21.9. The molecule has 1 aromatic rings. The SMILES string of the molecule is CC(C)(C)OC(=O)NC/C=C\S(=O)(=O)NC(=O)Nc1c2c(cc3c1CCC3)CCC2. The van der Waals surface area contributed by atoms with Gasteiger partial charge in [-0.2, -0.15) is 0 Å². The number of aryl methyl sites for hydroxylation is 2. The summed E-state index contributed by atoms with van der Waals surface area (Å²) >= 11 is 0. The van der Waals surface area contributed by atoms with Gasteiger partial charge in [-0.05, 0) is 81.5 Å². The number of fused-ring (bicyclic) bond motifs is 2. The van der Waals surface area contributed by atoms with Gasteiger partial charge in [0.25, 0.3) is 10.0 Å². The smallest absolute Gasteiger partial charge is 0.407 e. The first-order valence-corrected chi connectivity index (χ1v) is 11.7. The minimum absolute atomic E-state index is 0.0445. The van der Waals surface area contributed by atoms with E-state index in [1.165, 1.54) is 17.2 Å². The Morgan fingerprint density at radius 2 is 1.67 bits per heavy atom. The molecule has 30 heavy (non-hydrogen) atoms. The molecule has 0 unspecified atom stereocenters. The third kappa shape index (κ3) is 5.75. The van der Waals surface area contributed by atoms with Gasteiger partial charge in [0.15, 0.2) is 0 Å². The molecule has 0 radical (unpaired) electrons. The van der Waals surface area contributed by atoms with Crippen LogP contribution < -0.4 is 15.4 Å². The number of benzene rings is 1. The van der Waals surface area contributed by atoms with Crippen LogP contribution in [-0.4, -0.2) is 32.7 Å². The average molecular weight is 436 g/mol. The summed E-state index contributed by atoms with van der Waals surface area (Å²) in [6, 6.07) is 1.46. The molecule has 0 bridgehead atoms. The van der Waals surface area contributed by atoms with Crippen molar-refractivity contribution in [2.75, 3.05) is 11.9 Å². The Hall–Kier alpha value is -2.55. The van der Waals surface area contributed by atoms with E-state index in [2.05, 4.69) is 16.7 Å². The number of amides is 3. The summed E-state index contributed by atoms with van der Waals surface area (Å²) < 4.78 is 31.4. The molecule has 0 saturated heterocycles. The first kappa shape index (κ1) is 22.1. The monoisotopic (exact) mass is 435 g/mol. The van der Waals surface area contributed by atoms with Gasteiger partial charge in [-0.3, -0.25) is 0 Å². The first-order valence-electron chi connectivity index (χ1n) is 10.2. The van der Waals surface area contributed by atoms with Crippen LogP contribution in [0.1, 0.15) is 55.9 Å². The number of carbonyl (C=O) groups excluding carboxylic acids is 2. The third-order valence-electron chi connectivity index (χ3n) is 4.99. The first-order chi connectivity index (χ1) is 14.0. The molecule has 2 aliphatic carbocycles. The van der Waals surface area contributed by atoms with Crippen molar-refractivity contribution in [3.8, 4) is 0 Å². The van der Waals surface area contributed by atoms with Crippen LogP contribution in [0.3, 0.4) is 0 Å². The van der Waals surface area contributed by atoms with Crippen molar-refractivity contribution in [2.24, 2.45) is 0 Å². The van der Waals surface area contributed by atoms with E-state index < -0.39 is 27.7 Å². The Kier molecular flexibility index (Phi) is 6.40. The number of carbonyl (C=O) groups is 2. The topological polar surface area (TPSA) is 114 Å². The van der Waals surface area contributed by atoms with Crippen molar-refractivity contribution < 1.29 is 22.7 Å². The molecule has 164 valence electrons. The lowest BCUT2D eigenvalue weighted by atomic mass is 9.99. The molecule has 8 nitrogen and oxygen atoms in total. The van der Waals surface area contributed by atoms with Crippen LogP contribution in [0.4, 0.5) is 15.3 Å². The van der Waals surface area contributed by atoms with Gasteiger partial charge in [0.2, 0.25) is 0 Å². The Bertz CT molecular complexity index is 945. The van der Waals surface area contributed by atoms with Crippen LogP contribution in [0.2, 0.25) is 0 Å². The molecule has 3 amide bonds. The maximum absolute atomic E-state index is 12.4. The van der Waals surface area contributed by atoms with Crippen molar-refractivity contribution in [1.29, 1.82) is 0 Å². The number of nitrogens with one attached hydrogen (secondary N) is 3. The lowest BCUT2D eigenvalue weighted by Gasteiger charge is -2.19. The molecule has 0 saturated carbocycles. The number of urea groups is 1. The molecule has 0 spiro atoms. The minimum atomic E-state index is -4.00. The van der Waals surface area contributed by atoms with Crippen molar-refractivity contribution in [3.63, 3.8) is 0 Å². The largest absolute Gasteiger partial charge is 0.444 e. The van der Waals surface area contributed by atoms with E-state index in [9.17, 15) is 18.0 Å². The molecular weight excluding hydrogens is 406 g/mol. The number of rotatable bonds is 5. The standard InChI is InChI=1S/C21H29N3O5S/c1-21(2,3)29-20(26)22-11-6-12-30(27,28)24-19(25)23-18-16-9-4-7-14(16)13-15-8-5-10-17(15)18/h6,12-13H,4-5,7-11H2,1-3H3,(H,22,26)(H2,23,24,25)/b12-6-. The van der Waals surface area contributed by atoms with Crippen LogP contribution in [0.15, 0.2) is 17.6 Å². The van der Waals surface area contributed by atoms with Crippen LogP contribution in [0.25, 0.3) is 0 Å². The second kappa shape index (κ2) is 8.67. The molecule has 0 aromatic heterocycles. The number of alkyl carbamates (subject to hydrolysis) is 1. The second-order valence-electron chi connectivity index (χ2n) is 8.59. The summed E-state index contributed by atoms with van der Waals surface area (Å²) in [5.41, 5.74) is 4.89. The van der Waals surface area contributed by atoms with Gasteiger partial charge < -0.3 is 15.4 Å². The highest BCUT2D eigenvalue weighted by Gasteiger charge is 2.25. The van der Waals surface area contributed by atoms with Crippen LogP contribution in [-0.2, 0) is 40.4 Å². The predicted octanol–water partition coefficient (Wildman–Crippen LogP) is 3.15. The number of hydrogen-bond acceptors (Lipinski definition) is 5. The zero-order valence-electron chi connectivity index (χ0n) is 17.6. The average Bonchev–Trinajstić information content (AvgIpc) is 3.25. The molecule has 2 aliphatic rings. The van der Waals surface area contributed by atoms with Gasteiger partial charge in [-0.25, -0.2) is 22.7 Å². The van der Waals surface area contributed by atoms with Gasteiger partial charge in [0, 0.05) is 17.6 Å². The second-order valence-corrected chi connectivity index (χ2v) is 10.2. The normalized spacial score (nSPS) is 15.6. The maximum atomic E-state index is 12.4. The molecule has 3 N–H and O–H groups in total. The lowest BCUT2D eigenvalue weighted by Crippen LogP contribution is -2.34. The van der Waals surface area contributed by atoms with Gasteiger partial charge in [-0.1, -0.05) is 12.1 Å². The van der Waals surface area contributed by atoms with E-state index in [1.807, 2.05) is 4.72 Å². The number of sulfonamides is 1. The van der Waals surface area contributed by atoms with Crippen LogP contribution in [0.5, 0.6) is 0 Å². The maximum Gasteiger partial charge on any atom is 0.407 e. The third-order valence-corrected chi connectivity index (χ3v) is 6.01. The summed E-state index contributed by atoms with van der Waals surface area (Å²) in [4.78, 5) is 24.0. The number of anilines is 1. The summed E-state index contributed by atoms with van der Waals surface area (Å²) in [7, 11) is -4.00. The summed E-state index contributed by atoms with van der Waals surface area (Å²) in [5.74, 6) is 0. The van der Waals surface area contributed by atoms with Gasteiger partial charge in [0.05, 0.1) is 0 Å². The van der Waals surface area contributed by atoms with Crippen LogP contribution in [0, 0.1) is 0 Å². The van der Waals surface area contributed by atoms with E-state index in [1.54, 1.807) is 20.8 Å². The van der Waals surface area contributed by atoms with Crippen LogP contribution >= 0.6 is 0 Å². The Morgan fingerprint density at radius 1 is 1.07 bits per heavy atom. The van der Waals surface area contributed by atoms with E-state index in [0.717, 1.165) is 60.7 Å². The predicted molar refractivity (Wildman–Crippen MR) is 115 cm³/mol. The fourth-order valence-electron chi connectivity index (χ4n) is 3.90. The Balaban J connectivity index is 1.58. The van der Waals surface area contributed by atoms with E-state index in [-0.39, 0.29) is 6.54 Å². The van der Waals surface area contributed by atoms with Crippen molar-refractivity contribution in [2.45, 2.75) is 64.9 Å². The number of ether oxygens (including phenoxy) is 1. The van der Waals surface area contributed by atoms with E-state index >= 15 is 0 Å². The van der Waals surface area contributed by atoms with Crippen molar-refractivity contribution in [1.82, 2.24) is 10.0 Å². The highest BCUT2D eigenvalue weighted by Crippen LogP contribution is 2.38. The van der Waals surface area contributed by atoms with Crippen molar-refractivity contribution in [3.05, 3.63) is 39.8 Å². The molecule has 0 atom stereocenters. The summed E-state index contributed by atoms with van der Waals surface area (Å²) in [6.45, 7) is 5.14. The van der Waals surface area contributed by atoms with E-state index in [4.69, 9.17) is 4.74 Å². The molecular formula is C21H29N3O5S. The Labute approximate surface area is 177 Å². The molecule has 0 aliphatic heterocycles. The highest BCUT2D eigenvalue weighted by atomic mass is 32.2. The highest BCUT2D eigenvalue weighted by molar-refractivity contribution is 7.92. The van der Waals surface area contributed by atoms with Gasteiger partial charge in [0.1, 0.15) is 5.60 Å². The summed E-state index contributed by atoms with van der Waals surface area (Å²) in [6.07, 6.45) is 6.43. The lowest BCUT2D eigenvalue weighted by molar-refractivity contribution is 0.0534.